The molecule has 0 radical (unpaired) electrons. The summed E-state index contributed by atoms with van der Waals surface area (Å²) in [5.41, 5.74) is 9.06. The van der Waals surface area contributed by atoms with Gasteiger partial charge in [0.15, 0.2) is 0 Å². The fourth-order valence-electron chi connectivity index (χ4n) is 4.54. The number of ether oxygens (including phenoxy) is 1. The molecule has 2 amide bonds. The maximum atomic E-state index is 13.4. The zero-order valence-corrected chi connectivity index (χ0v) is 20.2. The minimum atomic E-state index is -0.529. The molecule has 184 valence electrons. The molecule has 9 heteroatoms. The Balaban J connectivity index is 0.000000229. The lowest BCUT2D eigenvalue weighted by Crippen LogP contribution is -2.47. The molecule has 3 heterocycles. The van der Waals surface area contributed by atoms with E-state index in [-0.39, 0.29) is 12.0 Å². The van der Waals surface area contributed by atoms with Crippen molar-refractivity contribution in [2.75, 3.05) is 25.0 Å². The number of H-pyrrole nitrogens is 1. The molecule has 4 rings (SSSR count). The first-order valence-electron chi connectivity index (χ1n) is 11.3. The molecule has 1 aromatic heterocycles. The van der Waals surface area contributed by atoms with E-state index in [4.69, 9.17) is 10.5 Å². The summed E-state index contributed by atoms with van der Waals surface area (Å²) in [6.07, 6.45) is 1.97. The molecule has 1 fully saturated rings. The summed E-state index contributed by atoms with van der Waals surface area (Å²) in [5.74, 6) is -1.26. The normalized spacial score (nSPS) is 22.1. The molecule has 0 aliphatic carbocycles. The first-order valence-corrected chi connectivity index (χ1v) is 11.3. The number of fused-ring (bicyclic) bond motifs is 1. The second-order valence-electron chi connectivity index (χ2n) is 9.05. The molecule has 1 aromatic carbocycles. The number of anilines is 1. The van der Waals surface area contributed by atoms with Gasteiger partial charge in [0.1, 0.15) is 5.82 Å². The molecule has 2 aliphatic heterocycles. The van der Waals surface area contributed by atoms with Gasteiger partial charge in [0.25, 0.3) is 11.8 Å². The van der Waals surface area contributed by atoms with E-state index in [1.165, 1.54) is 18.2 Å². The van der Waals surface area contributed by atoms with Crippen LogP contribution in [0.15, 0.2) is 18.2 Å². The van der Waals surface area contributed by atoms with Crippen molar-refractivity contribution in [2.24, 2.45) is 5.73 Å². The van der Waals surface area contributed by atoms with Crippen molar-refractivity contribution in [2.45, 2.75) is 52.9 Å². The Bertz CT molecular complexity index is 1100. The quantitative estimate of drug-likeness (QED) is 0.510. The van der Waals surface area contributed by atoms with Crippen LogP contribution in [0.5, 0.6) is 0 Å². The number of aryl methyl sites for hydroxylation is 1. The lowest BCUT2D eigenvalue weighted by atomic mass is 10.0. The van der Waals surface area contributed by atoms with Crippen molar-refractivity contribution < 1.29 is 23.8 Å². The summed E-state index contributed by atoms with van der Waals surface area (Å²) in [4.78, 5) is 28.8. The molecule has 34 heavy (non-hydrogen) atoms. The van der Waals surface area contributed by atoms with E-state index in [0.29, 0.717) is 51.5 Å². The fourth-order valence-corrected chi connectivity index (χ4v) is 4.54. The zero-order valence-electron chi connectivity index (χ0n) is 20.2. The van der Waals surface area contributed by atoms with Gasteiger partial charge in [0, 0.05) is 42.3 Å². The van der Waals surface area contributed by atoms with Crippen molar-refractivity contribution in [3.05, 3.63) is 52.1 Å². The molecule has 8 nitrogen and oxygen atoms in total. The number of β-amino-alcohol motifs (C(OH)–C–C–N with tert-alkyl or cyclic N) is 1. The summed E-state index contributed by atoms with van der Waals surface area (Å²) in [6, 6.07) is 4.11. The molecule has 0 bridgehead atoms. The Labute approximate surface area is 199 Å². The van der Waals surface area contributed by atoms with Crippen LogP contribution in [0.3, 0.4) is 0 Å². The Morgan fingerprint density at radius 1 is 1.32 bits per heavy atom. The van der Waals surface area contributed by atoms with Gasteiger partial charge >= 0.3 is 0 Å². The monoisotopic (exact) mass is 472 g/mol. The number of benzene rings is 1. The van der Waals surface area contributed by atoms with Gasteiger partial charge in [-0.1, -0.05) is 0 Å². The van der Waals surface area contributed by atoms with E-state index in [0.717, 1.165) is 19.6 Å². The number of hydrogen-bond donors (Lipinski definition) is 4. The largest absolute Gasteiger partial charge is 0.392 e. The lowest BCUT2D eigenvalue weighted by Gasteiger charge is -2.35. The number of nitrogens with zero attached hydrogens (tertiary/aromatic N) is 1. The van der Waals surface area contributed by atoms with Gasteiger partial charge in [-0.05, 0) is 64.5 Å². The SMILES string of the molecule is CC(O)CN1CC(C)OC(C)C1.Cc1[nH]c(/C=C2\C(=O)Nc3ccc(F)cc32)c(C)c1C(N)=O. The summed E-state index contributed by atoms with van der Waals surface area (Å²) >= 11 is 0. The summed E-state index contributed by atoms with van der Waals surface area (Å²) < 4.78 is 19.0. The predicted molar refractivity (Wildman–Crippen MR) is 130 cm³/mol. The Morgan fingerprint density at radius 3 is 2.53 bits per heavy atom. The highest BCUT2D eigenvalue weighted by atomic mass is 19.1. The maximum Gasteiger partial charge on any atom is 0.256 e. The summed E-state index contributed by atoms with van der Waals surface area (Å²) in [6.45, 7) is 12.1. The van der Waals surface area contributed by atoms with Crippen molar-refractivity contribution in [1.29, 1.82) is 0 Å². The van der Waals surface area contributed by atoms with Crippen LogP contribution in [0.4, 0.5) is 10.1 Å². The number of aliphatic hydroxyl groups excluding tert-OH is 1. The first kappa shape index (κ1) is 25.6. The van der Waals surface area contributed by atoms with Crippen molar-refractivity contribution >= 4 is 29.2 Å². The summed E-state index contributed by atoms with van der Waals surface area (Å²) in [7, 11) is 0. The zero-order chi connectivity index (χ0) is 25.2. The number of carbonyl (C=O) groups is 2. The number of aliphatic hydroxyl groups is 1. The molecule has 0 spiro atoms. The van der Waals surface area contributed by atoms with Crippen LogP contribution in [0.25, 0.3) is 11.6 Å². The average molecular weight is 473 g/mol. The highest BCUT2D eigenvalue weighted by Crippen LogP contribution is 2.34. The second-order valence-corrected chi connectivity index (χ2v) is 9.05. The van der Waals surface area contributed by atoms with Gasteiger partial charge in [0.2, 0.25) is 0 Å². The minimum absolute atomic E-state index is 0.234. The molecule has 3 atom stereocenters. The number of carbonyl (C=O) groups excluding carboxylic acids is 2. The van der Waals surface area contributed by atoms with Gasteiger partial charge in [-0.25, -0.2) is 4.39 Å². The van der Waals surface area contributed by atoms with Gasteiger partial charge in [-0.15, -0.1) is 0 Å². The third-order valence-corrected chi connectivity index (χ3v) is 5.79. The average Bonchev–Trinajstić information content (AvgIpc) is 3.16. The van der Waals surface area contributed by atoms with E-state index in [9.17, 15) is 19.1 Å². The number of morpholine rings is 1. The number of rotatable bonds is 4. The Hall–Kier alpha value is -3.01. The number of primary amides is 1. The van der Waals surface area contributed by atoms with Crippen LogP contribution in [-0.2, 0) is 9.53 Å². The van der Waals surface area contributed by atoms with Crippen molar-refractivity contribution in [3.63, 3.8) is 0 Å². The number of aromatic nitrogens is 1. The Kier molecular flexibility index (Phi) is 7.91. The third kappa shape index (κ3) is 5.91. The molecule has 2 aromatic rings. The number of nitrogens with two attached hydrogens (primary N) is 1. The number of halogens is 1. The smallest absolute Gasteiger partial charge is 0.256 e. The molecule has 1 saturated heterocycles. The highest BCUT2D eigenvalue weighted by Gasteiger charge is 2.26. The number of hydrogen-bond acceptors (Lipinski definition) is 5. The summed E-state index contributed by atoms with van der Waals surface area (Å²) in [5, 5.41) is 11.9. The molecular weight excluding hydrogens is 439 g/mol. The third-order valence-electron chi connectivity index (χ3n) is 5.79. The van der Waals surface area contributed by atoms with E-state index in [1.807, 2.05) is 6.92 Å². The van der Waals surface area contributed by atoms with Crippen molar-refractivity contribution in [3.8, 4) is 0 Å². The van der Waals surface area contributed by atoms with E-state index < -0.39 is 11.7 Å². The van der Waals surface area contributed by atoms with Crippen LogP contribution in [0.2, 0.25) is 0 Å². The van der Waals surface area contributed by atoms with Crippen molar-refractivity contribution in [1.82, 2.24) is 9.88 Å². The topological polar surface area (TPSA) is 121 Å². The standard InChI is InChI=1S/C16H14FN3O2.C9H19NO2/c1-7-13(19-8(2)14(7)15(18)21)6-11-10-5-9(17)3-4-12(10)20-16(11)22;1-7(11)4-10-5-8(2)12-9(3)6-10/h3-6,19H,1-2H3,(H2,18,21)(H,20,22);7-9,11H,4-6H2,1-3H3/b11-6-;. The van der Waals surface area contributed by atoms with E-state index in [2.05, 4.69) is 29.0 Å². The van der Waals surface area contributed by atoms with Crippen LogP contribution in [-0.4, -0.2) is 64.8 Å². The Morgan fingerprint density at radius 2 is 1.97 bits per heavy atom. The molecule has 3 unspecified atom stereocenters. The number of amides is 2. The van der Waals surface area contributed by atoms with Crippen LogP contribution < -0.4 is 11.1 Å². The molecule has 0 saturated carbocycles. The maximum absolute atomic E-state index is 13.4. The van der Waals surface area contributed by atoms with Crippen LogP contribution >= 0.6 is 0 Å². The van der Waals surface area contributed by atoms with Gasteiger partial charge in [0.05, 0.1) is 29.4 Å². The number of nitrogens with one attached hydrogen (secondary N) is 2. The minimum Gasteiger partial charge on any atom is -0.392 e. The van der Waals surface area contributed by atoms with E-state index in [1.54, 1.807) is 19.9 Å². The fraction of sp³-hybridized carbons (Fsp3) is 0.440. The van der Waals surface area contributed by atoms with Gasteiger partial charge in [-0.3, -0.25) is 14.5 Å². The van der Waals surface area contributed by atoms with Crippen LogP contribution in [0.1, 0.15) is 53.6 Å². The molecule has 5 N–H and O–H groups in total. The lowest BCUT2D eigenvalue weighted by molar-refractivity contribution is -0.110. The van der Waals surface area contributed by atoms with Gasteiger partial charge in [-0.2, -0.15) is 0 Å². The van der Waals surface area contributed by atoms with Gasteiger partial charge < -0.3 is 25.9 Å². The highest BCUT2D eigenvalue weighted by molar-refractivity contribution is 6.34. The predicted octanol–water partition coefficient (Wildman–Crippen LogP) is 2.84. The second kappa shape index (κ2) is 10.5. The van der Waals surface area contributed by atoms with E-state index >= 15 is 0 Å². The van der Waals surface area contributed by atoms with Crippen LogP contribution in [0, 0.1) is 19.7 Å². The molecule has 2 aliphatic rings. The molecular formula is C25H33FN4O4. The first-order chi connectivity index (χ1) is 16.0. The number of aromatic amines is 1.